The van der Waals surface area contributed by atoms with Gasteiger partial charge in [0.2, 0.25) is 0 Å². The zero-order chi connectivity index (χ0) is 14.4. The molecule has 1 aliphatic rings. The highest BCUT2D eigenvalue weighted by Crippen LogP contribution is 2.30. The van der Waals surface area contributed by atoms with E-state index >= 15 is 0 Å². The maximum Gasteiger partial charge on any atom is 0.387 e. The molecule has 1 aliphatic heterocycles. The van der Waals surface area contributed by atoms with Crippen molar-refractivity contribution >= 4 is 5.69 Å². The van der Waals surface area contributed by atoms with E-state index in [0.29, 0.717) is 17.4 Å². The second kappa shape index (κ2) is 7.28. The monoisotopic (exact) mass is 286 g/mol. The van der Waals surface area contributed by atoms with Gasteiger partial charge in [-0.1, -0.05) is 0 Å². The highest BCUT2D eigenvalue weighted by molar-refractivity contribution is 5.59. The maximum atomic E-state index is 12.4. The second-order valence-corrected chi connectivity index (χ2v) is 4.83. The van der Waals surface area contributed by atoms with Crippen molar-refractivity contribution in [2.24, 2.45) is 5.92 Å². The lowest BCUT2D eigenvalue weighted by atomic mass is 10.00. The van der Waals surface area contributed by atoms with E-state index in [2.05, 4.69) is 15.4 Å². The van der Waals surface area contributed by atoms with Gasteiger partial charge in [-0.25, -0.2) is 0 Å². The fourth-order valence-corrected chi connectivity index (χ4v) is 2.33. The molecule has 0 radical (unpaired) electrons. The number of methoxy groups -OCH3 is 1. The summed E-state index contributed by atoms with van der Waals surface area (Å²) in [5.41, 5.74) is 0.537. The van der Waals surface area contributed by atoms with Gasteiger partial charge in [-0.15, -0.1) is 0 Å². The first-order chi connectivity index (χ1) is 9.69. The fourth-order valence-electron chi connectivity index (χ4n) is 2.33. The van der Waals surface area contributed by atoms with Gasteiger partial charge in [-0.05, 0) is 44.0 Å². The van der Waals surface area contributed by atoms with Crippen LogP contribution in [0.1, 0.15) is 12.8 Å². The molecule has 1 atom stereocenters. The molecule has 1 aromatic carbocycles. The molecular weight excluding hydrogens is 266 g/mol. The predicted molar refractivity (Wildman–Crippen MR) is 73.7 cm³/mol. The van der Waals surface area contributed by atoms with Gasteiger partial charge in [-0.3, -0.25) is 0 Å². The third-order valence-corrected chi connectivity index (χ3v) is 3.38. The van der Waals surface area contributed by atoms with Crippen molar-refractivity contribution in [2.75, 3.05) is 32.1 Å². The van der Waals surface area contributed by atoms with Crippen LogP contribution in [0.5, 0.6) is 11.5 Å². The van der Waals surface area contributed by atoms with Gasteiger partial charge in [-0.2, -0.15) is 8.78 Å². The number of ether oxygens (including phenoxy) is 2. The molecule has 1 aromatic rings. The molecule has 0 aliphatic carbocycles. The number of rotatable bonds is 6. The quantitative estimate of drug-likeness (QED) is 0.844. The van der Waals surface area contributed by atoms with Gasteiger partial charge in [0.15, 0.2) is 0 Å². The number of hydrogen-bond acceptors (Lipinski definition) is 4. The number of hydrogen-bond donors (Lipinski definition) is 2. The topological polar surface area (TPSA) is 42.5 Å². The molecule has 1 heterocycles. The van der Waals surface area contributed by atoms with Crippen molar-refractivity contribution in [2.45, 2.75) is 19.5 Å². The highest BCUT2D eigenvalue weighted by atomic mass is 19.3. The van der Waals surface area contributed by atoms with E-state index < -0.39 is 6.61 Å². The Morgan fingerprint density at radius 2 is 2.30 bits per heavy atom. The Morgan fingerprint density at radius 1 is 1.45 bits per heavy atom. The summed E-state index contributed by atoms with van der Waals surface area (Å²) in [5.74, 6) is 1.25. The third-order valence-electron chi connectivity index (χ3n) is 3.38. The van der Waals surface area contributed by atoms with Gasteiger partial charge < -0.3 is 20.1 Å². The minimum Gasteiger partial charge on any atom is -0.497 e. The Labute approximate surface area is 117 Å². The number of halogens is 2. The van der Waals surface area contributed by atoms with Gasteiger partial charge >= 0.3 is 6.61 Å². The van der Waals surface area contributed by atoms with Crippen LogP contribution in [0.2, 0.25) is 0 Å². The number of nitrogens with one attached hydrogen (secondary N) is 2. The van der Waals surface area contributed by atoms with Crippen LogP contribution in [-0.4, -0.2) is 33.4 Å². The molecule has 0 amide bonds. The maximum absolute atomic E-state index is 12.4. The summed E-state index contributed by atoms with van der Waals surface area (Å²) in [7, 11) is 1.54. The van der Waals surface area contributed by atoms with Gasteiger partial charge in [0, 0.05) is 12.6 Å². The summed E-state index contributed by atoms with van der Waals surface area (Å²) in [4.78, 5) is 0. The zero-order valence-electron chi connectivity index (χ0n) is 11.5. The van der Waals surface area contributed by atoms with Crippen molar-refractivity contribution in [1.82, 2.24) is 5.32 Å². The van der Waals surface area contributed by atoms with Crippen molar-refractivity contribution < 1.29 is 18.3 Å². The lowest BCUT2D eigenvalue weighted by Crippen LogP contribution is -2.33. The molecule has 2 N–H and O–H groups in total. The largest absolute Gasteiger partial charge is 0.497 e. The van der Waals surface area contributed by atoms with Crippen LogP contribution < -0.4 is 20.1 Å². The molecule has 0 bridgehead atoms. The molecule has 6 heteroatoms. The van der Waals surface area contributed by atoms with Crippen LogP contribution >= 0.6 is 0 Å². The second-order valence-electron chi connectivity index (χ2n) is 4.83. The molecule has 1 saturated heterocycles. The average Bonchev–Trinajstić information content (AvgIpc) is 2.47. The first-order valence-electron chi connectivity index (χ1n) is 6.76. The molecule has 4 nitrogen and oxygen atoms in total. The first-order valence-corrected chi connectivity index (χ1v) is 6.76. The highest BCUT2D eigenvalue weighted by Gasteiger charge is 2.15. The number of anilines is 1. The van der Waals surface area contributed by atoms with Crippen LogP contribution in [0.4, 0.5) is 14.5 Å². The molecule has 0 saturated carbocycles. The first kappa shape index (κ1) is 14.8. The standard InChI is InChI=1S/C14H20F2N2O2/c1-19-11-4-5-13(20-14(15)16)12(7-11)18-9-10-3-2-6-17-8-10/h4-5,7,10,14,17-18H,2-3,6,8-9H2,1H3. The lowest BCUT2D eigenvalue weighted by molar-refractivity contribution is -0.0494. The van der Waals surface area contributed by atoms with Crippen molar-refractivity contribution in [1.29, 1.82) is 0 Å². The summed E-state index contributed by atoms with van der Waals surface area (Å²) in [6.07, 6.45) is 2.28. The van der Waals surface area contributed by atoms with Crippen molar-refractivity contribution in [3.63, 3.8) is 0 Å². The summed E-state index contributed by atoms with van der Waals surface area (Å²) in [6, 6.07) is 4.77. The van der Waals surface area contributed by atoms with E-state index in [0.717, 1.165) is 32.5 Å². The molecule has 1 fully saturated rings. The summed E-state index contributed by atoms with van der Waals surface area (Å²) in [5, 5.41) is 6.51. The van der Waals surface area contributed by atoms with E-state index in [-0.39, 0.29) is 5.75 Å². The smallest absolute Gasteiger partial charge is 0.387 e. The Balaban J connectivity index is 2.02. The lowest BCUT2D eigenvalue weighted by Gasteiger charge is -2.24. The number of piperidine rings is 1. The molecule has 2 rings (SSSR count). The van der Waals surface area contributed by atoms with Crippen LogP contribution in [-0.2, 0) is 0 Å². The van der Waals surface area contributed by atoms with E-state index in [1.165, 1.54) is 13.2 Å². The molecule has 0 spiro atoms. The third kappa shape index (κ3) is 4.23. The Morgan fingerprint density at radius 3 is 2.95 bits per heavy atom. The van der Waals surface area contributed by atoms with Gasteiger partial charge in [0.1, 0.15) is 11.5 Å². The SMILES string of the molecule is COc1ccc(OC(F)F)c(NCC2CCCNC2)c1. The van der Waals surface area contributed by atoms with E-state index in [4.69, 9.17) is 4.74 Å². The zero-order valence-corrected chi connectivity index (χ0v) is 11.5. The van der Waals surface area contributed by atoms with Crippen LogP contribution in [0.15, 0.2) is 18.2 Å². The van der Waals surface area contributed by atoms with Crippen LogP contribution in [0.3, 0.4) is 0 Å². The summed E-state index contributed by atoms with van der Waals surface area (Å²) in [6.45, 7) is -0.114. The minimum atomic E-state index is -2.83. The van der Waals surface area contributed by atoms with E-state index in [1.807, 2.05) is 0 Å². The molecular formula is C14H20F2N2O2. The normalized spacial score (nSPS) is 18.9. The summed E-state index contributed by atoms with van der Waals surface area (Å²) < 4.78 is 34.4. The van der Waals surface area contributed by atoms with Gasteiger partial charge in [0.25, 0.3) is 0 Å². The Hall–Kier alpha value is -1.56. The van der Waals surface area contributed by atoms with Crippen LogP contribution in [0, 0.1) is 5.92 Å². The molecule has 1 unspecified atom stereocenters. The van der Waals surface area contributed by atoms with Crippen LogP contribution in [0.25, 0.3) is 0 Å². The number of benzene rings is 1. The predicted octanol–water partition coefficient (Wildman–Crippen LogP) is 2.71. The van der Waals surface area contributed by atoms with E-state index in [9.17, 15) is 8.78 Å². The fraction of sp³-hybridized carbons (Fsp3) is 0.571. The number of alkyl halides is 2. The van der Waals surface area contributed by atoms with E-state index in [1.54, 1.807) is 12.1 Å². The molecule has 112 valence electrons. The minimum absolute atomic E-state index is 0.143. The molecule has 0 aromatic heterocycles. The van der Waals surface area contributed by atoms with Crippen molar-refractivity contribution in [3.05, 3.63) is 18.2 Å². The van der Waals surface area contributed by atoms with Gasteiger partial charge in [0.05, 0.1) is 12.8 Å². The average molecular weight is 286 g/mol. The molecule has 20 heavy (non-hydrogen) atoms. The Kier molecular flexibility index (Phi) is 5.40. The Bertz CT molecular complexity index is 424. The summed E-state index contributed by atoms with van der Waals surface area (Å²) >= 11 is 0. The van der Waals surface area contributed by atoms with Crippen molar-refractivity contribution in [3.8, 4) is 11.5 Å².